The number of hydrogen-bond acceptors (Lipinski definition) is 3. The molecule has 0 radical (unpaired) electrons. The van der Waals surface area contributed by atoms with E-state index in [0.29, 0.717) is 11.3 Å². The Bertz CT molecular complexity index is 695. The highest BCUT2D eigenvalue weighted by Crippen LogP contribution is 2.20. The van der Waals surface area contributed by atoms with Crippen LogP contribution in [0.3, 0.4) is 0 Å². The second kappa shape index (κ2) is 6.73. The molecular weight excluding hydrogens is 295 g/mol. The molecule has 0 fully saturated rings. The van der Waals surface area contributed by atoms with Gasteiger partial charge in [-0.05, 0) is 62.7 Å². The first-order valence-corrected chi connectivity index (χ1v) is 7.36. The van der Waals surface area contributed by atoms with Crippen molar-refractivity contribution in [1.29, 1.82) is 0 Å². The van der Waals surface area contributed by atoms with Crippen molar-refractivity contribution in [2.45, 2.75) is 27.2 Å². The van der Waals surface area contributed by atoms with Crippen molar-refractivity contribution in [1.82, 2.24) is 0 Å². The van der Waals surface area contributed by atoms with Gasteiger partial charge in [0.05, 0.1) is 5.41 Å². The topological polar surface area (TPSA) is 43.4 Å². The van der Waals surface area contributed by atoms with E-state index < -0.39 is 5.41 Å². The van der Waals surface area contributed by atoms with E-state index in [0.717, 1.165) is 5.56 Å². The van der Waals surface area contributed by atoms with Gasteiger partial charge in [0.2, 0.25) is 0 Å². The summed E-state index contributed by atoms with van der Waals surface area (Å²) in [4.78, 5) is 23.9. The summed E-state index contributed by atoms with van der Waals surface area (Å²) in [6.07, 6.45) is 0.207. The van der Waals surface area contributed by atoms with Gasteiger partial charge in [0.1, 0.15) is 11.6 Å². The molecule has 23 heavy (non-hydrogen) atoms. The highest BCUT2D eigenvalue weighted by molar-refractivity contribution is 5.97. The summed E-state index contributed by atoms with van der Waals surface area (Å²) in [7, 11) is 0. The summed E-state index contributed by atoms with van der Waals surface area (Å²) in [5.74, 6) is -0.327. The van der Waals surface area contributed by atoms with Crippen LogP contribution in [0.1, 0.15) is 36.7 Å². The first-order valence-electron chi connectivity index (χ1n) is 7.36. The molecule has 0 spiro atoms. The molecular formula is C19H19FO3. The minimum Gasteiger partial charge on any atom is -0.426 e. The maximum atomic E-state index is 12.9. The van der Waals surface area contributed by atoms with Gasteiger partial charge in [0.15, 0.2) is 5.78 Å². The van der Waals surface area contributed by atoms with E-state index in [2.05, 4.69) is 0 Å². The lowest BCUT2D eigenvalue weighted by atomic mass is 9.97. The molecule has 2 rings (SSSR count). The lowest BCUT2D eigenvalue weighted by Crippen LogP contribution is -2.25. The van der Waals surface area contributed by atoms with Crippen molar-refractivity contribution in [3.05, 3.63) is 65.5 Å². The van der Waals surface area contributed by atoms with Crippen LogP contribution in [0, 0.1) is 11.2 Å². The van der Waals surface area contributed by atoms with E-state index in [1.54, 1.807) is 45.0 Å². The third-order valence-electron chi connectivity index (χ3n) is 3.28. The number of Topliss-reactive ketones (excluding diaryl/α,β-unsaturated/α-hetero) is 1. The van der Waals surface area contributed by atoms with Crippen molar-refractivity contribution in [2.75, 3.05) is 0 Å². The Morgan fingerprint density at radius 1 is 0.957 bits per heavy atom. The average molecular weight is 314 g/mol. The Morgan fingerprint density at radius 3 is 2.04 bits per heavy atom. The number of carbonyl (C=O) groups is 2. The molecule has 2 aromatic carbocycles. The van der Waals surface area contributed by atoms with Crippen LogP contribution in [-0.2, 0) is 11.2 Å². The fourth-order valence-corrected chi connectivity index (χ4v) is 1.86. The van der Waals surface area contributed by atoms with Gasteiger partial charge >= 0.3 is 5.97 Å². The Morgan fingerprint density at radius 2 is 1.52 bits per heavy atom. The number of benzene rings is 2. The van der Waals surface area contributed by atoms with Gasteiger partial charge in [0.25, 0.3) is 0 Å². The monoisotopic (exact) mass is 314 g/mol. The zero-order valence-corrected chi connectivity index (χ0v) is 13.4. The summed E-state index contributed by atoms with van der Waals surface area (Å²) in [5, 5.41) is 0. The number of halogens is 1. The van der Waals surface area contributed by atoms with Crippen molar-refractivity contribution >= 4 is 11.8 Å². The van der Waals surface area contributed by atoms with E-state index >= 15 is 0 Å². The molecule has 0 atom stereocenters. The summed E-state index contributed by atoms with van der Waals surface area (Å²) in [6, 6.07) is 12.3. The zero-order valence-electron chi connectivity index (χ0n) is 13.4. The highest BCUT2D eigenvalue weighted by atomic mass is 19.1. The lowest BCUT2D eigenvalue weighted by molar-refractivity contribution is -0.143. The molecule has 0 aliphatic carbocycles. The number of rotatable bonds is 4. The smallest absolute Gasteiger partial charge is 0.316 e. The van der Waals surface area contributed by atoms with Crippen LogP contribution in [-0.4, -0.2) is 11.8 Å². The van der Waals surface area contributed by atoms with Crippen LogP contribution in [0.25, 0.3) is 0 Å². The third-order valence-corrected chi connectivity index (χ3v) is 3.28. The SMILES string of the molecule is CC(C)(C)C(=O)Oc1ccc(CC(=O)c2ccc(F)cc2)cc1. The molecule has 0 saturated carbocycles. The summed E-state index contributed by atoms with van der Waals surface area (Å²) in [6.45, 7) is 5.35. The fraction of sp³-hybridized carbons (Fsp3) is 0.263. The maximum Gasteiger partial charge on any atom is 0.316 e. The van der Waals surface area contributed by atoms with E-state index in [4.69, 9.17) is 4.74 Å². The average Bonchev–Trinajstić information content (AvgIpc) is 2.49. The van der Waals surface area contributed by atoms with Crippen molar-refractivity contribution in [3.8, 4) is 5.75 Å². The predicted molar refractivity (Wildman–Crippen MR) is 86.0 cm³/mol. The number of carbonyl (C=O) groups excluding carboxylic acids is 2. The first-order chi connectivity index (χ1) is 10.8. The second-order valence-electron chi connectivity index (χ2n) is 6.39. The van der Waals surface area contributed by atoms with Crippen LogP contribution >= 0.6 is 0 Å². The lowest BCUT2D eigenvalue weighted by Gasteiger charge is -2.16. The van der Waals surface area contributed by atoms with Crippen molar-refractivity contribution in [2.24, 2.45) is 5.41 Å². The largest absolute Gasteiger partial charge is 0.426 e. The number of hydrogen-bond donors (Lipinski definition) is 0. The summed E-state index contributed by atoms with van der Waals surface area (Å²) < 4.78 is 18.1. The molecule has 0 unspecified atom stereocenters. The van der Waals surface area contributed by atoms with E-state index in [-0.39, 0.29) is 24.0 Å². The minimum atomic E-state index is -0.572. The molecule has 0 aliphatic rings. The van der Waals surface area contributed by atoms with Crippen LogP contribution in [0.15, 0.2) is 48.5 Å². The van der Waals surface area contributed by atoms with Crippen LogP contribution in [0.5, 0.6) is 5.75 Å². The normalized spacial score (nSPS) is 11.1. The van der Waals surface area contributed by atoms with Crippen molar-refractivity contribution in [3.63, 3.8) is 0 Å². The van der Waals surface area contributed by atoms with Gasteiger partial charge in [-0.3, -0.25) is 9.59 Å². The second-order valence-corrected chi connectivity index (χ2v) is 6.39. The van der Waals surface area contributed by atoms with Gasteiger partial charge in [-0.15, -0.1) is 0 Å². The van der Waals surface area contributed by atoms with E-state index in [1.165, 1.54) is 24.3 Å². The Hall–Kier alpha value is -2.49. The molecule has 120 valence electrons. The number of ether oxygens (including phenoxy) is 1. The molecule has 0 N–H and O–H groups in total. The molecule has 3 nitrogen and oxygen atoms in total. The van der Waals surface area contributed by atoms with Gasteiger partial charge < -0.3 is 4.74 Å². The van der Waals surface area contributed by atoms with Gasteiger partial charge in [0, 0.05) is 12.0 Å². The van der Waals surface area contributed by atoms with Crippen LogP contribution in [0.2, 0.25) is 0 Å². The molecule has 0 bridgehead atoms. The van der Waals surface area contributed by atoms with Gasteiger partial charge in [-0.1, -0.05) is 12.1 Å². The maximum absolute atomic E-state index is 12.9. The molecule has 0 heterocycles. The number of ketones is 1. The standard InChI is InChI=1S/C19H19FO3/c1-19(2,3)18(22)23-16-10-4-13(5-11-16)12-17(21)14-6-8-15(20)9-7-14/h4-11H,12H2,1-3H3. The van der Waals surface area contributed by atoms with E-state index in [9.17, 15) is 14.0 Å². The molecule has 0 amide bonds. The molecule has 4 heteroatoms. The molecule has 0 saturated heterocycles. The molecule has 0 aliphatic heterocycles. The van der Waals surface area contributed by atoms with Crippen LogP contribution in [0.4, 0.5) is 4.39 Å². The number of esters is 1. The van der Waals surface area contributed by atoms with Crippen molar-refractivity contribution < 1.29 is 18.7 Å². The molecule has 2 aromatic rings. The third kappa shape index (κ3) is 4.74. The predicted octanol–water partition coefficient (Wildman–Crippen LogP) is 4.20. The Kier molecular flexibility index (Phi) is 4.94. The van der Waals surface area contributed by atoms with Gasteiger partial charge in [-0.25, -0.2) is 4.39 Å². The highest BCUT2D eigenvalue weighted by Gasteiger charge is 2.23. The zero-order chi connectivity index (χ0) is 17.0. The summed E-state index contributed by atoms with van der Waals surface area (Å²) in [5.41, 5.74) is 0.696. The summed E-state index contributed by atoms with van der Waals surface area (Å²) >= 11 is 0. The Balaban J connectivity index is 2.01. The van der Waals surface area contributed by atoms with Gasteiger partial charge in [-0.2, -0.15) is 0 Å². The quantitative estimate of drug-likeness (QED) is 0.482. The first kappa shape index (κ1) is 16.9. The van der Waals surface area contributed by atoms with Crippen LogP contribution < -0.4 is 4.74 Å². The minimum absolute atomic E-state index is 0.0931. The molecule has 0 aromatic heterocycles. The van der Waals surface area contributed by atoms with E-state index in [1.807, 2.05) is 0 Å². The fourth-order valence-electron chi connectivity index (χ4n) is 1.86. The Labute approximate surface area is 135 Å².